The normalized spacial score (nSPS) is 14.4. The molecule has 7 heteroatoms. The summed E-state index contributed by atoms with van der Waals surface area (Å²) in [5, 5.41) is 12.6. The van der Waals surface area contributed by atoms with Crippen LogP contribution in [0.15, 0.2) is 60.9 Å². The molecule has 1 aliphatic heterocycles. The Morgan fingerprint density at radius 3 is 2.57 bits per heavy atom. The van der Waals surface area contributed by atoms with Gasteiger partial charge >= 0.3 is 0 Å². The molecular weight excluding hydrogens is 380 g/mol. The predicted molar refractivity (Wildman–Crippen MR) is 116 cm³/mol. The monoisotopic (exact) mass is 404 g/mol. The zero-order valence-electron chi connectivity index (χ0n) is 16.8. The van der Waals surface area contributed by atoms with Crippen LogP contribution >= 0.6 is 0 Å². The number of hydrogen-bond acceptors (Lipinski definition) is 6. The zero-order valence-corrected chi connectivity index (χ0v) is 16.8. The summed E-state index contributed by atoms with van der Waals surface area (Å²) in [5.74, 6) is 1.73. The van der Waals surface area contributed by atoms with Gasteiger partial charge in [0.2, 0.25) is 0 Å². The lowest BCUT2D eigenvalue weighted by Crippen LogP contribution is -2.36. The third-order valence-electron chi connectivity index (χ3n) is 5.20. The van der Waals surface area contributed by atoms with Gasteiger partial charge in [0.1, 0.15) is 17.4 Å². The first-order valence-electron chi connectivity index (χ1n) is 9.93. The third-order valence-corrected chi connectivity index (χ3v) is 5.20. The van der Waals surface area contributed by atoms with Gasteiger partial charge in [0.05, 0.1) is 13.2 Å². The van der Waals surface area contributed by atoms with Crippen LogP contribution in [0.5, 0.6) is 5.75 Å². The van der Waals surface area contributed by atoms with Crippen LogP contribution in [0.3, 0.4) is 0 Å². The fourth-order valence-corrected chi connectivity index (χ4v) is 3.50. The molecule has 0 radical (unpaired) electrons. The molecule has 1 aliphatic rings. The van der Waals surface area contributed by atoms with Crippen molar-refractivity contribution < 1.29 is 14.6 Å². The highest BCUT2D eigenvalue weighted by molar-refractivity contribution is 6.04. The van der Waals surface area contributed by atoms with E-state index in [1.807, 2.05) is 24.3 Å². The third kappa shape index (κ3) is 4.58. The Morgan fingerprint density at radius 1 is 1.07 bits per heavy atom. The maximum atomic E-state index is 12.6. The second kappa shape index (κ2) is 8.92. The van der Waals surface area contributed by atoms with E-state index in [4.69, 9.17) is 4.74 Å². The van der Waals surface area contributed by atoms with Gasteiger partial charge in [0.15, 0.2) is 0 Å². The van der Waals surface area contributed by atoms with E-state index in [0.717, 1.165) is 42.9 Å². The van der Waals surface area contributed by atoms with E-state index in [9.17, 15) is 9.90 Å². The average molecular weight is 404 g/mol. The average Bonchev–Trinajstić information content (AvgIpc) is 2.80. The fourth-order valence-electron chi connectivity index (χ4n) is 3.50. The SMILES string of the molecule is COc1cccc(C(=O)Nc2cc(-c3ccnc(N4CCC(O)CC4)c3)ccn2)c1. The van der Waals surface area contributed by atoms with E-state index in [0.29, 0.717) is 17.1 Å². The van der Waals surface area contributed by atoms with E-state index in [1.54, 1.807) is 43.8 Å². The first-order valence-corrected chi connectivity index (χ1v) is 9.93. The lowest BCUT2D eigenvalue weighted by atomic mass is 10.1. The molecule has 3 heterocycles. The van der Waals surface area contributed by atoms with Crippen LogP contribution in [-0.4, -0.2) is 47.3 Å². The first kappa shape index (κ1) is 19.8. The topological polar surface area (TPSA) is 87.6 Å². The van der Waals surface area contributed by atoms with Crippen molar-refractivity contribution in [3.05, 3.63) is 66.5 Å². The van der Waals surface area contributed by atoms with Crippen LogP contribution in [0.1, 0.15) is 23.2 Å². The molecule has 0 atom stereocenters. The van der Waals surface area contributed by atoms with Crippen LogP contribution in [0, 0.1) is 0 Å². The minimum absolute atomic E-state index is 0.222. The van der Waals surface area contributed by atoms with Crippen LogP contribution in [0.25, 0.3) is 11.1 Å². The largest absolute Gasteiger partial charge is 0.497 e. The van der Waals surface area contributed by atoms with Gasteiger partial charge in [-0.1, -0.05) is 6.07 Å². The van der Waals surface area contributed by atoms with Crippen molar-refractivity contribution >= 4 is 17.5 Å². The van der Waals surface area contributed by atoms with Gasteiger partial charge in [-0.3, -0.25) is 4.79 Å². The number of carbonyl (C=O) groups excluding carboxylic acids is 1. The number of methoxy groups -OCH3 is 1. The second-order valence-corrected chi connectivity index (χ2v) is 7.24. The highest BCUT2D eigenvalue weighted by atomic mass is 16.5. The number of amides is 1. The number of hydrogen-bond donors (Lipinski definition) is 2. The van der Waals surface area contributed by atoms with Crippen molar-refractivity contribution in [1.29, 1.82) is 0 Å². The standard InChI is InChI=1S/C23H24N4O3/c1-30-20-4-2-3-18(13-20)23(29)26-21-14-16(5-9-24-21)17-6-10-25-22(15-17)27-11-7-19(28)8-12-27/h2-6,9-10,13-15,19,28H,7-8,11-12H2,1H3,(H,24,26,29). The Balaban J connectivity index is 1.52. The number of rotatable bonds is 5. The highest BCUT2D eigenvalue weighted by Gasteiger charge is 2.18. The molecule has 1 aromatic carbocycles. The van der Waals surface area contributed by atoms with E-state index in [2.05, 4.69) is 20.2 Å². The molecule has 2 N–H and O–H groups in total. The van der Waals surface area contributed by atoms with E-state index in [1.165, 1.54) is 0 Å². The van der Waals surface area contributed by atoms with Crippen molar-refractivity contribution in [2.75, 3.05) is 30.4 Å². The number of anilines is 2. The van der Waals surface area contributed by atoms with Crippen molar-refractivity contribution in [2.24, 2.45) is 0 Å². The molecule has 0 bridgehead atoms. The summed E-state index contributed by atoms with van der Waals surface area (Å²) in [6.07, 6.45) is 4.74. The van der Waals surface area contributed by atoms with Gasteiger partial charge in [0.25, 0.3) is 5.91 Å². The van der Waals surface area contributed by atoms with Gasteiger partial charge in [-0.2, -0.15) is 0 Å². The number of aliphatic hydroxyl groups is 1. The smallest absolute Gasteiger partial charge is 0.256 e. The summed E-state index contributed by atoms with van der Waals surface area (Å²) in [6, 6.07) is 14.7. The van der Waals surface area contributed by atoms with Crippen molar-refractivity contribution in [3.8, 4) is 16.9 Å². The number of carbonyl (C=O) groups is 1. The molecular formula is C23H24N4O3. The number of ether oxygens (including phenoxy) is 1. The Bertz CT molecular complexity index is 1030. The molecule has 4 rings (SSSR count). The number of pyridine rings is 2. The highest BCUT2D eigenvalue weighted by Crippen LogP contribution is 2.26. The van der Waals surface area contributed by atoms with Crippen LogP contribution in [-0.2, 0) is 0 Å². The Kier molecular flexibility index (Phi) is 5.90. The van der Waals surface area contributed by atoms with E-state index < -0.39 is 0 Å². The zero-order chi connectivity index (χ0) is 20.9. The molecule has 2 aromatic heterocycles. The minimum atomic E-state index is -0.249. The number of benzene rings is 1. The lowest BCUT2D eigenvalue weighted by Gasteiger charge is -2.30. The summed E-state index contributed by atoms with van der Waals surface area (Å²) in [4.78, 5) is 23.5. The van der Waals surface area contributed by atoms with Crippen molar-refractivity contribution in [3.63, 3.8) is 0 Å². The van der Waals surface area contributed by atoms with Crippen LogP contribution in [0.4, 0.5) is 11.6 Å². The predicted octanol–water partition coefficient (Wildman–Crippen LogP) is 3.37. The van der Waals surface area contributed by atoms with Gasteiger partial charge in [0, 0.05) is 31.0 Å². The van der Waals surface area contributed by atoms with Crippen LogP contribution in [0.2, 0.25) is 0 Å². The van der Waals surface area contributed by atoms with Gasteiger partial charge in [-0.15, -0.1) is 0 Å². The van der Waals surface area contributed by atoms with E-state index >= 15 is 0 Å². The van der Waals surface area contributed by atoms with Crippen LogP contribution < -0.4 is 15.0 Å². The number of aromatic nitrogens is 2. The molecule has 0 unspecified atom stereocenters. The molecule has 0 saturated carbocycles. The van der Waals surface area contributed by atoms with Crippen molar-refractivity contribution in [2.45, 2.75) is 18.9 Å². The fraction of sp³-hybridized carbons (Fsp3) is 0.261. The second-order valence-electron chi connectivity index (χ2n) is 7.24. The van der Waals surface area contributed by atoms with Crippen molar-refractivity contribution in [1.82, 2.24) is 9.97 Å². The molecule has 7 nitrogen and oxygen atoms in total. The molecule has 30 heavy (non-hydrogen) atoms. The molecule has 154 valence electrons. The molecule has 1 fully saturated rings. The number of nitrogens with one attached hydrogen (secondary N) is 1. The first-order chi connectivity index (χ1) is 14.6. The summed E-state index contributed by atoms with van der Waals surface area (Å²) in [7, 11) is 1.57. The Hall–Kier alpha value is -3.45. The Morgan fingerprint density at radius 2 is 1.80 bits per heavy atom. The molecule has 0 aliphatic carbocycles. The molecule has 1 saturated heterocycles. The summed E-state index contributed by atoms with van der Waals surface area (Å²) < 4.78 is 5.18. The number of aliphatic hydroxyl groups excluding tert-OH is 1. The maximum Gasteiger partial charge on any atom is 0.256 e. The summed E-state index contributed by atoms with van der Waals surface area (Å²) >= 11 is 0. The molecule has 1 amide bonds. The Labute approximate surface area is 175 Å². The van der Waals surface area contributed by atoms with Gasteiger partial charge < -0.3 is 20.1 Å². The van der Waals surface area contributed by atoms with Gasteiger partial charge in [-0.05, 0) is 66.4 Å². The molecule has 3 aromatic rings. The van der Waals surface area contributed by atoms with E-state index in [-0.39, 0.29) is 12.0 Å². The maximum absolute atomic E-state index is 12.6. The quantitative estimate of drug-likeness (QED) is 0.678. The number of piperidine rings is 1. The summed E-state index contributed by atoms with van der Waals surface area (Å²) in [5.41, 5.74) is 2.43. The summed E-state index contributed by atoms with van der Waals surface area (Å²) in [6.45, 7) is 1.58. The minimum Gasteiger partial charge on any atom is -0.497 e. The number of nitrogens with zero attached hydrogens (tertiary/aromatic N) is 3. The lowest BCUT2D eigenvalue weighted by molar-refractivity contribution is 0.102. The molecule has 0 spiro atoms. The van der Waals surface area contributed by atoms with Gasteiger partial charge in [-0.25, -0.2) is 9.97 Å².